The van der Waals surface area contributed by atoms with Crippen LogP contribution in [0.15, 0.2) is 17.8 Å². The van der Waals surface area contributed by atoms with Crippen LogP contribution >= 0.6 is 11.3 Å². The van der Waals surface area contributed by atoms with Crippen molar-refractivity contribution in [1.82, 2.24) is 9.38 Å². The lowest BCUT2D eigenvalue weighted by Gasteiger charge is -2.10. The fraction of sp³-hybridized carbons (Fsp3) is 0.545. The summed E-state index contributed by atoms with van der Waals surface area (Å²) in [6.45, 7) is 1.73. The van der Waals surface area contributed by atoms with Crippen LogP contribution in [0.3, 0.4) is 0 Å². The molecule has 2 rings (SSSR count). The first-order chi connectivity index (χ1) is 8.29. The highest BCUT2D eigenvalue weighted by atomic mass is 32.1. The zero-order valence-corrected chi connectivity index (χ0v) is 10.7. The van der Waals surface area contributed by atoms with E-state index in [0.29, 0.717) is 19.8 Å². The molecule has 94 valence electrons. The zero-order valence-electron chi connectivity index (χ0n) is 9.83. The van der Waals surface area contributed by atoms with Crippen molar-refractivity contribution in [3.8, 4) is 0 Å². The Hall–Kier alpha value is -0.950. The van der Waals surface area contributed by atoms with Gasteiger partial charge < -0.3 is 15.2 Å². The minimum Gasteiger partial charge on any atom is -0.382 e. The van der Waals surface area contributed by atoms with Crippen LogP contribution in [0.4, 0.5) is 0 Å². The molecule has 1 unspecified atom stereocenters. The van der Waals surface area contributed by atoms with Crippen LogP contribution in [0.25, 0.3) is 4.96 Å². The summed E-state index contributed by atoms with van der Waals surface area (Å²) in [5.74, 6) is 0. The lowest BCUT2D eigenvalue weighted by molar-refractivity contribution is 0.0636. The van der Waals surface area contributed by atoms with Gasteiger partial charge in [-0.25, -0.2) is 4.98 Å². The Morgan fingerprint density at radius 3 is 3.18 bits per heavy atom. The molecule has 5 nitrogen and oxygen atoms in total. The predicted molar refractivity (Wildman–Crippen MR) is 67.4 cm³/mol. The van der Waals surface area contributed by atoms with Crippen LogP contribution in [-0.4, -0.2) is 42.4 Å². The van der Waals surface area contributed by atoms with Crippen molar-refractivity contribution in [3.05, 3.63) is 23.5 Å². The van der Waals surface area contributed by atoms with E-state index < -0.39 is 0 Å². The number of hydrogen-bond acceptors (Lipinski definition) is 5. The normalized spacial score (nSPS) is 13.3. The SMILES string of the molecule is COCCOCC(N)Cc1cn2ccsc2n1. The van der Waals surface area contributed by atoms with Crippen molar-refractivity contribution in [2.45, 2.75) is 12.5 Å². The third kappa shape index (κ3) is 3.50. The second-order valence-electron chi connectivity index (χ2n) is 3.86. The largest absolute Gasteiger partial charge is 0.382 e. The van der Waals surface area contributed by atoms with Gasteiger partial charge in [-0.3, -0.25) is 4.40 Å². The standard InChI is InChI=1S/C11H17N3O2S/c1-15-3-4-16-8-9(12)6-10-7-14-2-5-17-11(14)13-10/h2,5,7,9H,3-4,6,8,12H2,1H3. The summed E-state index contributed by atoms with van der Waals surface area (Å²) in [4.78, 5) is 5.49. The molecule has 0 aliphatic rings. The third-order valence-corrected chi connectivity index (χ3v) is 3.15. The van der Waals surface area contributed by atoms with Crippen LogP contribution in [0, 0.1) is 0 Å². The van der Waals surface area contributed by atoms with Crippen molar-refractivity contribution in [2.75, 3.05) is 26.9 Å². The number of hydrogen-bond donors (Lipinski definition) is 1. The molecule has 0 aliphatic carbocycles. The second-order valence-corrected chi connectivity index (χ2v) is 4.73. The molecule has 17 heavy (non-hydrogen) atoms. The third-order valence-electron chi connectivity index (χ3n) is 2.38. The molecule has 0 amide bonds. The fourth-order valence-electron chi connectivity index (χ4n) is 1.58. The number of rotatable bonds is 7. The van der Waals surface area contributed by atoms with Gasteiger partial charge in [0.25, 0.3) is 0 Å². The number of nitrogens with zero attached hydrogens (tertiary/aromatic N) is 2. The first kappa shape index (κ1) is 12.5. The summed E-state index contributed by atoms with van der Waals surface area (Å²) in [6.07, 6.45) is 4.75. The summed E-state index contributed by atoms with van der Waals surface area (Å²) < 4.78 is 12.3. The second kappa shape index (κ2) is 6.11. The molecule has 0 saturated carbocycles. The van der Waals surface area contributed by atoms with Gasteiger partial charge in [-0.2, -0.15) is 0 Å². The molecule has 0 radical (unpaired) electrons. The number of ether oxygens (including phenoxy) is 2. The van der Waals surface area contributed by atoms with Crippen LogP contribution in [0.5, 0.6) is 0 Å². The highest BCUT2D eigenvalue weighted by Gasteiger charge is 2.08. The highest BCUT2D eigenvalue weighted by Crippen LogP contribution is 2.12. The lowest BCUT2D eigenvalue weighted by atomic mass is 10.2. The Kier molecular flexibility index (Phi) is 4.49. The highest BCUT2D eigenvalue weighted by molar-refractivity contribution is 7.15. The molecule has 2 heterocycles. The average molecular weight is 255 g/mol. The zero-order chi connectivity index (χ0) is 12.1. The minimum absolute atomic E-state index is 0.0172. The van der Waals surface area contributed by atoms with Crippen LogP contribution in [0.1, 0.15) is 5.69 Å². The summed E-state index contributed by atoms with van der Waals surface area (Å²) in [7, 11) is 1.65. The number of imidazole rings is 1. The minimum atomic E-state index is -0.0172. The number of nitrogens with two attached hydrogens (primary N) is 1. The Labute approximate surface area is 104 Å². The topological polar surface area (TPSA) is 61.8 Å². The van der Waals surface area contributed by atoms with Gasteiger partial charge in [0.05, 0.1) is 25.5 Å². The van der Waals surface area contributed by atoms with Gasteiger partial charge in [-0.1, -0.05) is 0 Å². The molecule has 0 fully saturated rings. The average Bonchev–Trinajstić information content (AvgIpc) is 2.84. The number of aromatic nitrogens is 2. The van der Waals surface area contributed by atoms with E-state index >= 15 is 0 Å². The number of fused-ring (bicyclic) bond motifs is 1. The van der Waals surface area contributed by atoms with Gasteiger partial charge in [0.2, 0.25) is 0 Å². The lowest BCUT2D eigenvalue weighted by Crippen LogP contribution is -2.29. The van der Waals surface area contributed by atoms with E-state index in [4.69, 9.17) is 15.2 Å². The van der Waals surface area contributed by atoms with E-state index in [1.165, 1.54) is 0 Å². The Bertz CT molecular complexity index is 426. The predicted octanol–water partition coefficient (Wildman–Crippen LogP) is 0.929. The Balaban J connectivity index is 1.78. The molecule has 1 atom stereocenters. The molecule has 2 aromatic heterocycles. The monoisotopic (exact) mass is 255 g/mol. The quantitative estimate of drug-likeness (QED) is 0.748. The maximum atomic E-state index is 5.97. The maximum Gasteiger partial charge on any atom is 0.193 e. The molecule has 0 bridgehead atoms. The fourth-order valence-corrected chi connectivity index (χ4v) is 2.30. The van der Waals surface area contributed by atoms with E-state index in [1.807, 2.05) is 22.2 Å². The number of methoxy groups -OCH3 is 1. The molecule has 2 aromatic rings. The van der Waals surface area contributed by atoms with Gasteiger partial charge in [-0.15, -0.1) is 11.3 Å². The first-order valence-electron chi connectivity index (χ1n) is 5.53. The van der Waals surface area contributed by atoms with Crippen LogP contribution in [-0.2, 0) is 15.9 Å². The smallest absolute Gasteiger partial charge is 0.193 e. The van der Waals surface area contributed by atoms with Crippen LogP contribution in [0.2, 0.25) is 0 Å². The molecular weight excluding hydrogens is 238 g/mol. The molecule has 0 saturated heterocycles. The van der Waals surface area contributed by atoms with E-state index in [-0.39, 0.29) is 6.04 Å². The summed E-state index contributed by atoms with van der Waals surface area (Å²) >= 11 is 1.62. The number of thiazole rings is 1. The molecular formula is C11H17N3O2S. The van der Waals surface area contributed by atoms with E-state index in [9.17, 15) is 0 Å². The van der Waals surface area contributed by atoms with Gasteiger partial charge >= 0.3 is 0 Å². The summed E-state index contributed by atoms with van der Waals surface area (Å²) in [5.41, 5.74) is 6.98. The van der Waals surface area contributed by atoms with E-state index in [2.05, 4.69) is 4.98 Å². The van der Waals surface area contributed by atoms with Gasteiger partial charge in [-0.05, 0) is 0 Å². The molecule has 0 spiro atoms. The molecule has 6 heteroatoms. The van der Waals surface area contributed by atoms with Gasteiger partial charge in [0, 0.05) is 37.3 Å². The van der Waals surface area contributed by atoms with E-state index in [1.54, 1.807) is 18.4 Å². The van der Waals surface area contributed by atoms with Crippen molar-refractivity contribution in [2.24, 2.45) is 5.73 Å². The van der Waals surface area contributed by atoms with Crippen molar-refractivity contribution < 1.29 is 9.47 Å². The maximum absolute atomic E-state index is 5.97. The Morgan fingerprint density at radius 1 is 1.53 bits per heavy atom. The van der Waals surface area contributed by atoms with E-state index in [0.717, 1.165) is 17.1 Å². The van der Waals surface area contributed by atoms with Crippen molar-refractivity contribution in [1.29, 1.82) is 0 Å². The summed E-state index contributed by atoms with van der Waals surface area (Å²) in [5, 5.41) is 2.01. The van der Waals surface area contributed by atoms with Crippen LogP contribution < -0.4 is 5.73 Å². The molecule has 0 aliphatic heterocycles. The van der Waals surface area contributed by atoms with Crippen molar-refractivity contribution in [3.63, 3.8) is 0 Å². The van der Waals surface area contributed by atoms with Gasteiger partial charge in [0.1, 0.15) is 0 Å². The summed E-state index contributed by atoms with van der Waals surface area (Å²) in [6, 6.07) is -0.0172. The van der Waals surface area contributed by atoms with Gasteiger partial charge in [0.15, 0.2) is 4.96 Å². The molecule has 2 N–H and O–H groups in total. The molecule has 0 aromatic carbocycles. The van der Waals surface area contributed by atoms with Crippen molar-refractivity contribution >= 4 is 16.3 Å². The Morgan fingerprint density at radius 2 is 2.41 bits per heavy atom. The first-order valence-corrected chi connectivity index (χ1v) is 6.41.